The minimum Gasteiger partial charge on any atom is -0.309 e. The second-order valence-corrected chi connectivity index (χ2v) is 4.61. The lowest BCUT2D eigenvalue weighted by molar-refractivity contribution is -0.119. The van der Waals surface area contributed by atoms with Crippen LogP contribution in [0.5, 0.6) is 0 Å². The van der Waals surface area contributed by atoms with Gasteiger partial charge >= 0.3 is 0 Å². The van der Waals surface area contributed by atoms with Gasteiger partial charge in [-0.25, -0.2) is 0 Å². The molecule has 2 nitrogen and oxygen atoms in total. The van der Waals surface area contributed by atoms with Crippen molar-refractivity contribution in [3.05, 3.63) is 0 Å². The molecule has 0 aromatic carbocycles. The summed E-state index contributed by atoms with van der Waals surface area (Å²) >= 11 is 0. The maximum absolute atomic E-state index is 11.4. The average Bonchev–Trinajstić information content (AvgIpc) is 2.17. The third-order valence-corrected chi connectivity index (χ3v) is 2.62. The number of hydrogen-bond acceptors (Lipinski definition) is 2. The van der Waals surface area contributed by atoms with Crippen molar-refractivity contribution in [2.75, 3.05) is 20.6 Å². The van der Waals surface area contributed by atoms with E-state index >= 15 is 0 Å². The van der Waals surface area contributed by atoms with Gasteiger partial charge in [0.05, 0.1) is 0 Å². The van der Waals surface area contributed by atoms with Gasteiger partial charge in [-0.15, -0.1) is 0 Å². The van der Waals surface area contributed by atoms with Gasteiger partial charge in [-0.05, 0) is 33.5 Å². The predicted octanol–water partition coefficient (Wildman–Crippen LogP) is 3.26. The van der Waals surface area contributed by atoms with E-state index in [1.54, 1.807) is 0 Å². The molecular formula is C13H27NO. The average molecular weight is 213 g/mol. The molecule has 0 spiro atoms. The fraction of sp³-hybridized carbons (Fsp3) is 0.923. The number of hydrogen-bond donors (Lipinski definition) is 0. The van der Waals surface area contributed by atoms with Gasteiger partial charge in [0.2, 0.25) is 0 Å². The van der Waals surface area contributed by atoms with E-state index in [0.29, 0.717) is 5.78 Å². The number of carbonyl (C=O) groups excluding carboxylic acids is 1. The zero-order valence-electron chi connectivity index (χ0n) is 10.7. The molecule has 2 heteroatoms. The molecule has 90 valence electrons. The smallest absolute Gasteiger partial charge is 0.132 e. The molecule has 0 aliphatic heterocycles. The van der Waals surface area contributed by atoms with E-state index < -0.39 is 0 Å². The van der Waals surface area contributed by atoms with Gasteiger partial charge in [0.25, 0.3) is 0 Å². The van der Waals surface area contributed by atoms with E-state index in [2.05, 4.69) is 25.9 Å². The van der Waals surface area contributed by atoms with Crippen molar-refractivity contribution in [1.82, 2.24) is 4.90 Å². The third kappa shape index (κ3) is 11.6. The minimum absolute atomic E-state index is 0.452. The monoisotopic (exact) mass is 213 g/mol. The Balaban J connectivity index is 3.19. The lowest BCUT2D eigenvalue weighted by Crippen LogP contribution is -2.14. The predicted molar refractivity (Wildman–Crippen MR) is 66.2 cm³/mol. The Hall–Kier alpha value is -0.370. The van der Waals surface area contributed by atoms with Crippen LogP contribution in [0, 0.1) is 0 Å². The highest BCUT2D eigenvalue weighted by Gasteiger charge is 2.01. The second-order valence-electron chi connectivity index (χ2n) is 4.61. The molecule has 0 unspecified atom stereocenters. The Bertz CT molecular complexity index is 155. The first-order valence-corrected chi connectivity index (χ1v) is 6.33. The summed E-state index contributed by atoms with van der Waals surface area (Å²) in [5, 5.41) is 0. The summed E-state index contributed by atoms with van der Waals surface area (Å²) in [6.45, 7) is 3.24. The second kappa shape index (κ2) is 10.2. The summed E-state index contributed by atoms with van der Waals surface area (Å²) in [5.74, 6) is 0.452. The van der Waals surface area contributed by atoms with Gasteiger partial charge in [0, 0.05) is 12.8 Å². The molecule has 0 amide bonds. The number of rotatable bonds is 10. The van der Waals surface area contributed by atoms with E-state index in [1.807, 2.05) is 0 Å². The summed E-state index contributed by atoms with van der Waals surface area (Å²) < 4.78 is 0. The molecule has 0 bridgehead atoms. The minimum atomic E-state index is 0.452. The normalized spacial score (nSPS) is 10.9. The zero-order valence-corrected chi connectivity index (χ0v) is 10.7. The number of carbonyl (C=O) groups is 1. The zero-order chi connectivity index (χ0) is 11.5. The number of Topliss-reactive ketones (excluding diaryl/α,β-unsaturated/α-hetero) is 1. The quantitative estimate of drug-likeness (QED) is 0.519. The first kappa shape index (κ1) is 14.6. The molecule has 0 aliphatic carbocycles. The fourth-order valence-electron chi connectivity index (χ4n) is 1.64. The lowest BCUT2D eigenvalue weighted by Gasteiger charge is -2.08. The molecule has 0 atom stereocenters. The molecule has 0 aromatic heterocycles. The largest absolute Gasteiger partial charge is 0.309 e. The highest BCUT2D eigenvalue weighted by molar-refractivity contribution is 5.78. The number of unbranched alkanes of at least 4 members (excludes halogenated alkanes) is 4. The highest BCUT2D eigenvalue weighted by Crippen LogP contribution is 2.07. The molecule has 0 saturated carbocycles. The molecule has 0 saturated heterocycles. The number of nitrogens with zero attached hydrogens (tertiary/aromatic N) is 1. The van der Waals surface area contributed by atoms with Gasteiger partial charge in [0.15, 0.2) is 0 Å². The maximum Gasteiger partial charge on any atom is 0.132 e. The van der Waals surface area contributed by atoms with E-state index in [9.17, 15) is 4.79 Å². The van der Waals surface area contributed by atoms with Crippen LogP contribution >= 0.6 is 0 Å². The summed E-state index contributed by atoms with van der Waals surface area (Å²) in [7, 11) is 4.10. The van der Waals surface area contributed by atoms with E-state index in [4.69, 9.17) is 0 Å². The third-order valence-electron chi connectivity index (χ3n) is 2.62. The van der Waals surface area contributed by atoms with Crippen molar-refractivity contribution in [3.8, 4) is 0 Å². The van der Waals surface area contributed by atoms with Crippen molar-refractivity contribution in [2.45, 2.75) is 58.3 Å². The summed E-state index contributed by atoms with van der Waals surface area (Å²) in [6.07, 6.45) is 8.80. The Morgan fingerprint density at radius 2 is 1.53 bits per heavy atom. The number of ketones is 1. The molecule has 0 aromatic rings. The van der Waals surface area contributed by atoms with Crippen LogP contribution in [0.3, 0.4) is 0 Å². The standard InChI is InChI=1S/C13H27NO/c1-4-5-6-7-8-10-13(15)11-9-12-14(2)3/h4-12H2,1-3H3. The van der Waals surface area contributed by atoms with Crippen molar-refractivity contribution in [2.24, 2.45) is 0 Å². The SMILES string of the molecule is CCCCCCCC(=O)CCCN(C)C. The first-order valence-electron chi connectivity index (χ1n) is 6.33. The van der Waals surface area contributed by atoms with Gasteiger partial charge in [-0.2, -0.15) is 0 Å². The van der Waals surface area contributed by atoms with E-state index in [-0.39, 0.29) is 0 Å². The van der Waals surface area contributed by atoms with Crippen LogP contribution in [-0.2, 0) is 4.79 Å². The fourth-order valence-corrected chi connectivity index (χ4v) is 1.64. The van der Waals surface area contributed by atoms with Crippen molar-refractivity contribution in [3.63, 3.8) is 0 Å². The van der Waals surface area contributed by atoms with Crippen LogP contribution < -0.4 is 0 Å². The molecule has 0 aliphatic rings. The van der Waals surface area contributed by atoms with Gasteiger partial charge < -0.3 is 4.90 Å². The molecule has 15 heavy (non-hydrogen) atoms. The van der Waals surface area contributed by atoms with Crippen LogP contribution in [0.4, 0.5) is 0 Å². The summed E-state index contributed by atoms with van der Waals surface area (Å²) in [6, 6.07) is 0. The highest BCUT2D eigenvalue weighted by atomic mass is 16.1. The topological polar surface area (TPSA) is 20.3 Å². The lowest BCUT2D eigenvalue weighted by atomic mass is 10.1. The van der Waals surface area contributed by atoms with Crippen molar-refractivity contribution < 1.29 is 4.79 Å². The molecule has 0 rings (SSSR count). The summed E-state index contributed by atoms with van der Waals surface area (Å²) in [5.41, 5.74) is 0. The first-order chi connectivity index (χ1) is 7.16. The van der Waals surface area contributed by atoms with Crippen molar-refractivity contribution in [1.29, 1.82) is 0 Å². The van der Waals surface area contributed by atoms with Crippen LogP contribution in [0.15, 0.2) is 0 Å². The van der Waals surface area contributed by atoms with Crippen LogP contribution in [0.1, 0.15) is 58.3 Å². The Kier molecular flexibility index (Phi) is 9.91. The Morgan fingerprint density at radius 1 is 0.933 bits per heavy atom. The van der Waals surface area contributed by atoms with Gasteiger partial charge in [-0.3, -0.25) is 4.79 Å². The summed E-state index contributed by atoms with van der Waals surface area (Å²) in [4.78, 5) is 13.6. The molecule has 0 N–H and O–H groups in total. The van der Waals surface area contributed by atoms with E-state index in [1.165, 1.54) is 25.7 Å². The van der Waals surface area contributed by atoms with E-state index in [0.717, 1.165) is 32.2 Å². The van der Waals surface area contributed by atoms with Crippen LogP contribution in [-0.4, -0.2) is 31.3 Å². The van der Waals surface area contributed by atoms with Gasteiger partial charge in [0.1, 0.15) is 5.78 Å². The molecule has 0 fully saturated rings. The molecule has 0 heterocycles. The van der Waals surface area contributed by atoms with Crippen LogP contribution in [0.25, 0.3) is 0 Å². The Labute approximate surface area is 95.0 Å². The molecular weight excluding hydrogens is 186 g/mol. The Morgan fingerprint density at radius 3 is 2.13 bits per heavy atom. The van der Waals surface area contributed by atoms with Crippen LogP contribution in [0.2, 0.25) is 0 Å². The maximum atomic E-state index is 11.4. The van der Waals surface area contributed by atoms with Crippen molar-refractivity contribution >= 4 is 5.78 Å². The van der Waals surface area contributed by atoms with Gasteiger partial charge in [-0.1, -0.05) is 32.6 Å². The molecule has 0 radical (unpaired) electrons.